The molecule has 1 aromatic heterocycles. The molecular weight excluding hydrogens is 239 g/mol. The Morgan fingerprint density at radius 2 is 1.85 bits per heavy atom. The zero-order chi connectivity index (χ0) is 9.35. The number of thiazole rings is 1. The average molecular weight is 241 g/mol. The third-order valence-corrected chi connectivity index (χ3v) is 2.15. The van der Waals surface area contributed by atoms with Gasteiger partial charge in [-0.15, -0.1) is 0 Å². The van der Waals surface area contributed by atoms with Crippen LogP contribution in [0.1, 0.15) is 11.4 Å². The Morgan fingerprint density at radius 1 is 1.31 bits per heavy atom. The molecule has 0 unspecified atom stereocenters. The van der Waals surface area contributed by atoms with Gasteiger partial charge in [0.1, 0.15) is 0 Å². The van der Waals surface area contributed by atoms with Crippen molar-refractivity contribution in [2.75, 3.05) is 0 Å². The smallest absolute Gasteiger partial charge is 0.444 e. The van der Waals surface area contributed by atoms with E-state index in [9.17, 15) is 21.7 Å². The first-order valence-electron chi connectivity index (χ1n) is 2.85. The number of halogens is 5. The molecule has 0 radical (unpaired) electrons. The minimum absolute atomic E-state index is 0. The second-order valence-electron chi connectivity index (χ2n) is 1.98. The number of hydrogen-bond acceptors (Lipinski definition) is 2. The minimum Gasteiger partial charge on any atom is -0.444 e. The van der Waals surface area contributed by atoms with Crippen LogP contribution in [0.4, 0.5) is 21.7 Å². The molecular formula is C4H2BF5KNS. The van der Waals surface area contributed by atoms with Gasteiger partial charge in [0.2, 0.25) is 0 Å². The molecule has 0 amide bonds. The summed E-state index contributed by atoms with van der Waals surface area (Å²) < 4.78 is 58.0. The molecule has 0 aliphatic heterocycles. The molecule has 1 aromatic rings. The van der Waals surface area contributed by atoms with Gasteiger partial charge in [-0.3, -0.25) is 0 Å². The molecule has 0 N–H and O–H groups in total. The van der Waals surface area contributed by atoms with Crippen LogP contribution in [0, 0.1) is 0 Å². The third kappa shape index (κ3) is 3.92. The summed E-state index contributed by atoms with van der Waals surface area (Å²) in [6, 6.07) is 0. The Kier molecular flexibility index (Phi) is 5.56. The maximum atomic E-state index is 11.9. The molecule has 1 rings (SSSR count). The second-order valence-corrected chi connectivity index (χ2v) is 3.07. The Morgan fingerprint density at radius 3 is 2.08 bits per heavy atom. The summed E-state index contributed by atoms with van der Waals surface area (Å²) in [6.07, 6.45) is -2.49. The van der Waals surface area contributed by atoms with E-state index < -0.39 is 23.2 Å². The summed E-state index contributed by atoms with van der Waals surface area (Å²) >= 11 is -0.0104. The molecule has 0 aliphatic carbocycles. The summed E-state index contributed by atoms with van der Waals surface area (Å²) in [5, 5.41) is -0.788. The van der Waals surface area contributed by atoms with Crippen molar-refractivity contribution in [3.63, 3.8) is 0 Å². The Labute approximate surface area is 117 Å². The van der Waals surface area contributed by atoms with Gasteiger partial charge in [-0.1, -0.05) is 0 Å². The summed E-state index contributed by atoms with van der Waals surface area (Å²) in [5.41, 5.74) is 0. The van der Waals surface area contributed by atoms with Gasteiger partial charge >= 0.3 is 58.4 Å². The van der Waals surface area contributed by atoms with Crippen molar-refractivity contribution >= 4 is 23.1 Å². The Bertz CT molecular complexity index is 274. The van der Waals surface area contributed by atoms with E-state index in [1.54, 1.807) is 0 Å². The topological polar surface area (TPSA) is 12.9 Å². The van der Waals surface area contributed by atoms with Gasteiger partial charge < -0.3 is 12.9 Å². The molecule has 0 saturated carbocycles. The average Bonchev–Trinajstić information content (AvgIpc) is 2.30. The molecule has 0 aliphatic rings. The van der Waals surface area contributed by atoms with Crippen LogP contribution in [-0.2, 0) is 0 Å². The van der Waals surface area contributed by atoms with Crippen molar-refractivity contribution in [2.45, 2.75) is 6.43 Å². The number of nitrogens with zero attached hydrogens (tertiary/aromatic N) is 1. The van der Waals surface area contributed by atoms with E-state index in [1.165, 1.54) is 0 Å². The van der Waals surface area contributed by atoms with Crippen LogP contribution in [-0.4, -0.2) is 12.0 Å². The fourth-order valence-electron chi connectivity index (χ4n) is 0.553. The van der Waals surface area contributed by atoms with Gasteiger partial charge in [-0.2, -0.15) is 11.3 Å². The molecule has 1 heterocycles. The van der Waals surface area contributed by atoms with E-state index in [1.807, 2.05) is 0 Å². The van der Waals surface area contributed by atoms with Crippen molar-refractivity contribution in [3.05, 3.63) is 11.2 Å². The van der Waals surface area contributed by atoms with Gasteiger partial charge in [0.05, 0.1) is 0 Å². The van der Waals surface area contributed by atoms with E-state index in [-0.39, 0.29) is 62.7 Å². The fraction of sp³-hybridized carbons (Fsp3) is 0.250. The van der Waals surface area contributed by atoms with Gasteiger partial charge in [0.15, 0.2) is 5.01 Å². The van der Waals surface area contributed by atoms with Gasteiger partial charge in [-0.05, 0) is 4.78 Å². The van der Waals surface area contributed by atoms with Crippen LogP contribution in [0.3, 0.4) is 0 Å². The van der Waals surface area contributed by atoms with E-state index in [0.29, 0.717) is 6.20 Å². The zero-order valence-corrected chi connectivity index (χ0v) is 10.4. The number of aromatic nitrogens is 1. The molecule has 9 heteroatoms. The van der Waals surface area contributed by atoms with Crippen molar-refractivity contribution in [2.24, 2.45) is 0 Å². The summed E-state index contributed by atoms with van der Waals surface area (Å²) in [7, 11) is 0. The van der Waals surface area contributed by atoms with Crippen LogP contribution in [0.15, 0.2) is 6.20 Å². The van der Waals surface area contributed by atoms with Crippen molar-refractivity contribution in [1.29, 1.82) is 0 Å². The normalized spacial score (nSPS) is 11.5. The molecule has 68 valence electrons. The van der Waals surface area contributed by atoms with Crippen LogP contribution < -0.4 is 56.2 Å². The molecule has 1 nitrogen and oxygen atoms in total. The first-order chi connectivity index (χ1) is 5.41. The maximum absolute atomic E-state index is 11.9. The van der Waals surface area contributed by atoms with E-state index in [4.69, 9.17) is 0 Å². The standard InChI is InChI=1S/C4H2BF5NS.K/c6-3(7)4-11-1-2(12-4)5(8,9)10;/h1,3H;/q-1;+1. The number of rotatable bonds is 2. The van der Waals surface area contributed by atoms with Gasteiger partial charge in [0, 0.05) is 6.20 Å². The first kappa shape index (κ1) is 14.0. The van der Waals surface area contributed by atoms with Crippen LogP contribution >= 0.6 is 11.3 Å². The Balaban J connectivity index is 0.00000144. The zero-order valence-electron chi connectivity index (χ0n) is 6.48. The van der Waals surface area contributed by atoms with Crippen molar-refractivity contribution < 1.29 is 73.1 Å². The minimum atomic E-state index is -5.19. The number of alkyl halides is 2. The Hall–Kier alpha value is 0.981. The van der Waals surface area contributed by atoms with Crippen molar-refractivity contribution in [3.8, 4) is 0 Å². The maximum Gasteiger partial charge on any atom is 1.00 e. The third-order valence-electron chi connectivity index (χ3n) is 1.05. The SMILES string of the molecule is FC(F)c1ncc([B-](F)(F)F)s1.[K+]. The largest absolute Gasteiger partial charge is 1.00 e. The van der Waals surface area contributed by atoms with Crippen LogP contribution in [0.2, 0.25) is 0 Å². The van der Waals surface area contributed by atoms with E-state index >= 15 is 0 Å². The van der Waals surface area contributed by atoms with Crippen LogP contribution in [0.5, 0.6) is 0 Å². The quantitative estimate of drug-likeness (QED) is 0.485. The summed E-state index contributed by atoms with van der Waals surface area (Å²) in [4.78, 5) is 2.95. The molecule has 0 aromatic carbocycles. The predicted octanol–water partition coefficient (Wildman–Crippen LogP) is -0.861. The predicted molar refractivity (Wildman–Crippen MR) is 35.8 cm³/mol. The molecule has 0 atom stereocenters. The fourth-order valence-corrected chi connectivity index (χ4v) is 1.23. The summed E-state index contributed by atoms with van der Waals surface area (Å²) in [5.74, 6) is 0. The van der Waals surface area contributed by atoms with E-state index in [0.717, 1.165) is 0 Å². The summed E-state index contributed by atoms with van der Waals surface area (Å²) in [6.45, 7) is -5.19. The number of hydrogen-bond donors (Lipinski definition) is 0. The monoisotopic (exact) mass is 241 g/mol. The molecule has 0 saturated heterocycles. The van der Waals surface area contributed by atoms with Gasteiger partial charge in [0.25, 0.3) is 6.43 Å². The second kappa shape index (κ2) is 5.17. The van der Waals surface area contributed by atoms with Crippen LogP contribution in [0.25, 0.3) is 0 Å². The molecule has 0 spiro atoms. The van der Waals surface area contributed by atoms with Gasteiger partial charge in [-0.25, -0.2) is 13.8 Å². The first-order valence-corrected chi connectivity index (χ1v) is 3.66. The molecule has 0 bridgehead atoms. The van der Waals surface area contributed by atoms with Crippen molar-refractivity contribution in [1.82, 2.24) is 4.98 Å². The van der Waals surface area contributed by atoms with E-state index in [2.05, 4.69) is 4.98 Å². The molecule has 13 heavy (non-hydrogen) atoms. The molecule has 0 fully saturated rings.